The molecule has 0 aromatic heterocycles. The summed E-state index contributed by atoms with van der Waals surface area (Å²) in [7, 11) is -3.50. The molecule has 1 aliphatic rings. The molecule has 0 atom stereocenters. The number of benzene rings is 1. The maximum Gasteiger partial charge on any atom is 0.314 e. The smallest absolute Gasteiger partial charge is 0.314 e. The molecule has 0 unspecified atom stereocenters. The van der Waals surface area contributed by atoms with Crippen molar-refractivity contribution in [3.63, 3.8) is 0 Å². The van der Waals surface area contributed by atoms with E-state index in [4.69, 9.17) is 5.73 Å². The van der Waals surface area contributed by atoms with Gasteiger partial charge in [0.2, 0.25) is 10.0 Å². The summed E-state index contributed by atoms with van der Waals surface area (Å²) in [5, 5.41) is 1.12. The van der Waals surface area contributed by atoms with Crippen LogP contribution in [0.15, 0.2) is 35.7 Å². The molecule has 1 saturated heterocycles. The van der Waals surface area contributed by atoms with Gasteiger partial charge in [0.1, 0.15) is 0 Å². The molecule has 0 radical (unpaired) electrons. The Balaban J connectivity index is 1.90. The Morgan fingerprint density at radius 2 is 1.95 bits per heavy atom. The summed E-state index contributed by atoms with van der Waals surface area (Å²) < 4.78 is 26.0. The van der Waals surface area contributed by atoms with Gasteiger partial charge >= 0.3 is 6.03 Å². The van der Waals surface area contributed by atoms with Gasteiger partial charge in [0.05, 0.1) is 6.04 Å². The van der Waals surface area contributed by atoms with Crippen molar-refractivity contribution in [2.45, 2.75) is 6.04 Å². The topological polar surface area (TPSA) is 92.5 Å². The average Bonchev–Trinajstić information content (AvgIpc) is 2.32. The Bertz CT molecular complexity index is 577. The summed E-state index contributed by atoms with van der Waals surface area (Å²) in [6, 6.07) is 8.34. The van der Waals surface area contributed by atoms with Gasteiger partial charge in [0, 0.05) is 18.5 Å². The Labute approximate surface area is 111 Å². The third-order valence-corrected chi connectivity index (χ3v) is 3.92. The molecule has 6 nitrogen and oxygen atoms in total. The first kappa shape index (κ1) is 13.6. The van der Waals surface area contributed by atoms with Gasteiger partial charge in [-0.25, -0.2) is 17.9 Å². The zero-order chi connectivity index (χ0) is 13.9. The van der Waals surface area contributed by atoms with Crippen molar-refractivity contribution >= 4 is 22.1 Å². The Kier molecular flexibility index (Phi) is 3.87. The van der Waals surface area contributed by atoms with Gasteiger partial charge in [0.25, 0.3) is 0 Å². The fourth-order valence-corrected chi connectivity index (χ4v) is 2.77. The summed E-state index contributed by atoms with van der Waals surface area (Å²) in [5.41, 5.74) is 5.86. The standard InChI is InChI=1S/C12H15N3O3S/c13-12(16)15-8-11(9-15)14-19(17,18)7-6-10-4-2-1-3-5-10/h1-7,11,14H,8-9H2,(H2,13,16)/b7-6+. The van der Waals surface area contributed by atoms with E-state index >= 15 is 0 Å². The van der Waals surface area contributed by atoms with Crippen LogP contribution in [0.5, 0.6) is 0 Å². The number of hydrogen-bond acceptors (Lipinski definition) is 3. The fraction of sp³-hybridized carbons (Fsp3) is 0.250. The van der Waals surface area contributed by atoms with Gasteiger partial charge in [-0.2, -0.15) is 0 Å². The van der Waals surface area contributed by atoms with Crippen molar-refractivity contribution in [1.29, 1.82) is 0 Å². The number of urea groups is 1. The number of nitrogens with zero attached hydrogens (tertiary/aromatic N) is 1. The van der Waals surface area contributed by atoms with E-state index in [1.165, 1.54) is 11.0 Å². The van der Waals surface area contributed by atoms with Gasteiger partial charge < -0.3 is 10.6 Å². The molecular weight excluding hydrogens is 266 g/mol. The highest BCUT2D eigenvalue weighted by Gasteiger charge is 2.31. The van der Waals surface area contributed by atoms with Crippen LogP contribution in [0.2, 0.25) is 0 Å². The van der Waals surface area contributed by atoms with E-state index in [-0.39, 0.29) is 6.04 Å². The fourth-order valence-electron chi connectivity index (χ4n) is 1.74. The molecular formula is C12H15N3O3S. The first-order valence-electron chi connectivity index (χ1n) is 5.76. The molecule has 2 rings (SSSR count). The van der Waals surface area contributed by atoms with Crippen LogP contribution in [0, 0.1) is 0 Å². The van der Waals surface area contributed by atoms with E-state index in [2.05, 4.69) is 4.72 Å². The number of likely N-dealkylation sites (tertiary alicyclic amines) is 1. The monoisotopic (exact) mass is 281 g/mol. The highest BCUT2D eigenvalue weighted by molar-refractivity contribution is 7.92. The molecule has 0 bridgehead atoms. The highest BCUT2D eigenvalue weighted by Crippen LogP contribution is 2.09. The number of nitrogens with one attached hydrogen (secondary N) is 1. The van der Waals surface area contributed by atoms with Gasteiger partial charge in [0.15, 0.2) is 0 Å². The maximum atomic E-state index is 11.8. The zero-order valence-electron chi connectivity index (χ0n) is 10.2. The van der Waals surface area contributed by atoms with Gasteiger partial charge in [-0.05, 0) is 11.6 Å². The quantitative estimate of drug-likeness (QED) is 0.833. The van der Waals surface area contributed by atoms with Crippen LogP contribution in [-0.4, -0.2) is 38.5 Å². The number of amides is 2. The van der Waals surface area contributed by atoms with Crippen LogP contribution < -0.4 is 10.5 Å². The minimum absolute atomic E-state index is 0.266. The van der Waals surface area contributed by atoms with E-state index in [9.17, 15) is 13.2 Å². The third kappa shape index (κ3) is 3.80. The lowest BCUT2D eigenvalue weighted by molar-refractivity contribution is 0.155. The summed E-state index contributed by atoms with van der Waals surface area (Å²) in [6.07, 6.45) is 1.52. The summed E-state index contributed by atoms with van der Waals surface area (Å²) in [5.74, 6) is 0. The maximum absolute atomic E-state index is 11.8. The first-order valence-corrected chi connectivity index (χ1v) is 7.31. The molecule has 1 aromatic rings. The van der Waals surface area contributed by atoms with Crippen LogP contribution in [0.4, 0.5) is 4.79 Å². The molecule has 1 heterocycles. The molecule has 1 aromatic carbocycles. The van der Waals surface area contributed by atoms with E-state index in [0.29, 0.717) is 13.1 Å². The Morgan fingerprint density at radius 3 is 2.53 bits per heavy atom. The molecule has 19 heavy (non-hydrogen) atoms. The summed E-state index contributed by atoms with van der Waals surface area (Å²) >= 11 is 0. The molecule has 7 heteroatoms. The lowest BCUT2D eigenvalue weighted by Crippen LogP contribution is -2.61. The second-order valence-electron chi connectivity index (χ2n) is 4.32. The lowest BCUT2D eigenvalue weighted by Gasteiger charge is -2.37. The number of rotatable bonds is 4. The lowest BCUT2D eigenvalue weighted by atomic mass is 10.1. The Hall–Kier alpha value is -1.86. The predicted molar refractivity (Wildman–Crippen MR) is 72.5 cm³/mol. The zero-order valence-corrected chi connectivity index (χ0v) is 11.0. The van der Waals surface area contributed by atoms with Crippen molar-refractivity contribution in [2.24, 2.45) is 5.73 Å². The minimum Gasteiger partial charge on any atom is -0.351 e. The van der Waals surface area contributed by atoms with E-state index in [1.54, 1.807) is 0 Å². The molecule has 2 amide bonds. The molecule has 1 fully saturated rings. The van der Waals surface area contributed by atoms with Gasteiger partial charge in [-0.1, -0.05) is 30.3 Å². The van der Waals surface area contributed by atoms with Crippen molar-refractivity contribution in [3.8, 4) is 0 Å². The van der Waals surface area contributed by atoms with E-state index < -0.39 is 16.1 Å². The number of nitrogens with two attached hydrogens (primary N) is 1. The third-order valence-electron chi connectivity index (χ3n) is 2.76. The van der Waals surface area contributed by atoms with E-state index in [0.717, 1.165) is 11.0 Å². The molecule has 0 aliphatic carbocycles. The molecule has 0 saturated carbocycles. The number of hydrogen-bond donors (Lipinski definition) is 2. The first-order chi connectivity index (χ1) is 8.96. The number of carbonyl (C=O) groups is 1. The van der Waals surface area contributed by atoms with Crippen molar-refractivity contribution in [1.82, 2.24) is 9.62 Å². The second kappa shape index (κ2) is 5.41. The van der Waals surface area contributed by atoms with Crippen molar-refractivity contribution < 1.29 is 13.2 Å². The normalized spacial score (nSPS) is 16.5. The van der Waals surface area contributed by atoms with Gasteiger partial charge in [-0.15, -0.1) is 0 Å². The van der Waals surface area contributed by atoms with Crippen molar-refractivity contribution in [2.75, 3.05) is 13.1 Å². The van der Waals surface area contributed by atoms with Crippen molar-refractivity contribution in [3.05, 3.63) is 41.3 Å². The number of carbonyl (C=O) groups excluding carboxylic acids is 1. The molecule has 3 N–H and O–H groups in total. The largest absolute Gasteiger partial charge is 0.351 e. The SMILES string of the molecule is NC(=O)N1CC(NS(=O)(=O)/C=C/c2ccccc2)C1. The number of primary amides is 1. The van der Waals surface area contributed by atoms with Crippen LogP contribution in [-0.2, 0) is 10.0 Å². The van der Waals surface area contributed by atoms with Gasteiger partial charge in [-0.3, -0.25) is 0 Å². The van der Waals surface area contributed by atoms with Crippen LogP contribution >= 0.6 is 0 Å². The van der Waals surface area contributed by atoms with Crippen LogP contribution in [0.3, 0.4) is 0 Å². The summed E-state index contributed by atoms with van der Waals surface area (Å²) in [6.45, 7) is 0.626. The summed E-state index contributed by atoms with van der Waals surface area (Å²) in [4.78, 5) is 12.1. The second-order valence-corrected chi connectivity index (χ2v) is 5.91. The number of sulfonamides is 1. The van der Waals surface area contributed by atoms with Crippen LogP contribution in [0.1, 0.15) is 5.56 Å². The molecule has 102 valence electrons. The molecule has 0 spiro atoms. The Morgan fingerprint density at radius 1 is 1.32 bits per heavy atom. The van der Waals surface area contributed by atoms with E-state index in [1.807, 2.05) is 30.3 Å². The highest BCUT2D eigenvalue weighted by atomic mass is 32.2. The molecule has 1 aliphatic heterocycles. The average molecular weight is 281 g/mol. The van der Waals surface area contributed by atoms with Crippen LogP contribution in [0.25, 0.3) is 6.08 Å². The minimum atomic E-state index is -3.50. The predicted octanol–water partition coefficient (Wildman–Crippen LogP) is 0.340.